The molecule has 1 N–H and O–H groups in total. The van der Waals surface area contributed by atoms with Crippen molar-refractivity contribution in [1.29, 1.82) is 0 Å². The minimum Gasteiger partial charge on any atom is -0.465 e. The van der Waals surface area contributed by atoms with Crippen LogP contribution in [0.3, 0.4) is 0 Å². The number of sulfone groups is 1. The van der Waals surface area contributed by atoms with Crippen molar-refractivity contribution in [2.24, 2.45) is 0 Å². The minimum atomic E-state index is -3.59. The highest BCUT2D eigenvalue weighted by atomic mass is 32.2. The van der Waals surface area contributed by atoms with Gasteiger partial charge in [0, 0.05) is 6.04 Å². The molecule has 0 aromatic heterocycles. The van der Waals surface area contributed by atoms with Crippen LogP contribution in [-0.2, 0) is 19.4 Å². The lowest BCUT2D eigenvalue weighted by Gasteiger charge is -2.24. The van der Waals surface area contributed by atoms with Crippen LogP contribution in [-0.4, -0.2) is 39.0 Å². The van der Waals surface area contributed by atoms with Gasteiger partial charge in [-0.25, -0.2) is 8.42 Å². The molecule has 118 valence electrons. The van der Waals surface area contributed by atoms with E-state index in [-0.39, 0.29) is 12.6 Å². The molecule has 0 aliphatic heterocycles. The summed E-state index contributed by atoms with van der Waals surface area (Å²) in [4.78, 5) is 11.4. The molecule has 1 aromatic carbocycles. The first-order chi connectivity index (χ1) is 9.81. The van der Waals surface area contributed by atoms with Gasteiger partial charge in [-0.3, -0.25) is 4.79 Å². The Bertz CT molecular complexity index is 566. The molecule has 0 fully saturated rings. The zero-order valence-corrected chi connectivity index (χ0v) is 13.7. The highest BCUT2D eigenvalue weighted by Gasteiger charge is 2.31. The number of esters is 1. The quantitative estimate of drug-likeness (QED) is 0.775. The Kier molecular flexibility index (Phi) is 6.36. The van der Waals surface area contributed by atoms with Gasteiger partial charge in [0.05, 0.1) is 11.9 Å². The van der Waals surface area contributed by atoms with Gasteiger partial charge in [0.2, 0.25) is 0 Å². The largest absolute Gasteiger partial charge is 0.465 e. The normalized spacial score (nSPS) is 14.5. The van der Waals surface area contributed by atoms with Gasteiger partial charge in [0.1, 0.15) is 5.75 Å². The van der Waals surface area contributed by atoms with Crippen molar-refractivity contribution >= 4 is 15.8 Å². The smallest absolute Gasteiger partial charge is 0.321 e. The summed E-state index contributed by atoms with van der Waals surface area (Å²) in [6.45, 7) is 5.40. The number of carbonyl (C=O) groups excluding carboxylic acids is 1. The molecule has 2 unspecified atom stereocenters. The number of benzene rings is 1. The number of hydrogen-bond acceptors (Lipinski definition) is 5. The Morgan fingerprint density at radius 3 is 2.33 bits per heavy atom. The Balaban J connectivity index is 2.94. The lowest BCUT2D eigenvalue weighted by molar-refractivity contribution is -0.139. The van der Waals surface area contributed by atoms with E-state index >= 15 is 0 Å². The van der Waals surface area contributed by atoms with Crippen LogP contribution in [0.4, 0.5) is 0 Å². The van der Waals surface area contributed by atoms with Crippen LogP contribution in [0.25, 0.3) is 0 Å². The molecule has 0 saturated heterocycles. The maximum atomic E-state index is 12.3. The fraction of sp³-hybridized carbons (Fsp3) is 0.533. The van der Waals surface area contributed by atoms with Gasteiger partial charge >= 0.3 is 5.97 Å². The average molecular weight is 313 g/mol. The standard InChI is InChI=1S/C15H23NO4S/c1-5-20-14(17)10-21(18,19)12(3)15(16-4)13-8-6-11(2)7-9-13/h6-9,12,15-16H,5,10H2,1-4H3. The van der Waals surface area contributed by atoms with Crippen molar-refractivity contribution < 1.29 is 17.9 Å². The van der Waals surface area contributed by atoms with Crippen LogP contribution < -0.4 is 5.32 Å². The van der Waals surface area contributed by atoms with Crippen molar-refractivity contribution in [3.05, 3.63) is 35.4 Å². The Labute approximate surface area is 126 Å². The first-order valence-electron chi connectivity index (χ1n) is 6.92. The monoisotopic (exact) mass is 313 g/mol. The lowest BCUT2D eigenvalue weighted by Crippen LogP contribution is -2.37. The molecular formula is C15H23NO4S. The number of nitrogens with one attached hydrogen (secondary N) is 1. The molecule has 2 atom stereocenters. The second-order valence-corrected chi connectivity index (χ2v) is 7.35. The summed E-state index contributed by atoms with van der Waals surface area (Å²) in [5, 5.41) is 2.29. The predicted octanol–water partition coefficient (Wildman–Crippen LogP) is 1.62. The molecule has 0 amide bonds. The van der Waals surface area contributed by atoms with Crippen LogP contribution in [0.15, 0.2) is 24.3 Å². The van der Waals surface area contributed by atoms with Gasteiger partial charge < -0.3 is 10.1 Å². The molecule has 0 aliphatic rings. The summed E-state index contributed by atoms with van der Waals surface area (Å²) < 4.78 is 29.4. The number of rotatable bonds is 7. The highest BCUT2D eigenvalue weighted by molar-refractivity contribution is 7.92. The first-order valence-corrected chi connectivity index (χ1v) is 8.64. The van der Waals surface area contributed by atoms with E-state index in [1.165, 1.54) is 0 Å². The third-order valence-corrected chi connectivity index (χ3v) is 5.45. The molecule has 21 heavy (non-hydrogen) atoms. The Morgan fingerprint density at radius 2 is 1.86 bits per heavy atom. The fourth-order valence-electron chi connectivity index (χ4n) is 2.15. The minimum absolute atomic E-state index is 0.177. The third-order valence-electron chi connectivity index (χ3n) is 3.41. The molecular weight excluding hydrogens is 290 g/mol. The van der Waals surface area contributed by atoms with Gasteiger partial charge in [-0.05, 0) is 33.4 Å². The van der Waals surface area contributed by atoms with E-state index in [4.69, 9.17) is 4.74 Å². The second-order valence-electron chi connectivity index (χ2n) is 4.99. The van der Waals surface area contributed by atoms with Crippen LogP contribution in [0.1, 0.15) is 31.0 Å². The molecule has 1 aromatic rings. The van der Waals surface area contributed by atoms with Crippen LogP contribution >= 0.6 is 0 Å². The number of carbonyl (C=O) groups is 1. The van der Waals surface area contributed by atoms with Gasteiger partial charge in [-0.15, -0.1) is 0 Å². The predicted molar refractivity (Wildman–Crippen MR) is 82.9 cm³/mol. The van der Waals surface area contributed by atoms with Gasteiger partial charge in [0.15, 0.2) is 9.84 Å². The lowest BCUT2D eigenvalue weighted by atomic mass is 10.0. The number of hydrogen-bond donors (Lipinski definition) is 1. The molecule has 1 rings (SSSR count). The molecule has 0 saturated carbocycles. The van der Waals surface area contributed by atoms with E-state index in [1.54, 1.807) is 20.9 Å². The van der Waals surface area contributed by atoms with Crippen LogP contribution in [0, 0.1) is 6.92 Å². The van der Waals surface area contributed by atoms with E-state index in [0.717, 1.165) is 11.1 Å². The van der Waals surface area contributed by atoms with Crippen molar-refractivity contribution in [3.8, 4) is 0 Å². The molecule has 0 bridgehead atoms. The van der Waals surface area contributed by atoms with E-state index < -0.39 is 26.8 Å². The summed E-state index contributed by atoms with van der Waals surface area (Å²) in [6.07, 6.45) is 0. The summed E-state index contributed by atoms with van der Waals surface area (Å²) in [5.74, 6) is -1.30. The third kappa shape index (κ3) is 4.82. The summed E-state index contributed by atoms with van der Waals surface area (Å²) >= 11 is 0. The maximum absolute atomic E-state index is 12.3. The Hall–Kier alpha value is -1.40. The van der Waals surface area contributed by atoms with Crippen molar-refractivity contribution in [2.45, 2.75) is 32.1 Å². The SMILES string of the molecule is CCOC(=O)CS(=O)(=O)C(C)C(NC)c1ccc(C)cc1. The molecule has 0 radical (unpaired) electrons. The topological polar surface area (TPSA) is 72.5 Å². The van der Waals surface area contributed by atoms with E-state index in [9.17, 15) is 13.2 Å². The Morgan fingerprint density at radius 1 is 1.29 bits per heavy atom. The first kappa shape index (κ1) is 17.7. The molecule has 0 spiro atoms. The molecule has 0 heterocycles. The second kappa shape index (κ2) is 7.56. The van der Waals surface area contributed by atoms with Gasteiger partial charge in [-0.2, -0.15) is 0 Å². The van der Waals surface area contributed by atoms with Crippen LogP contribution in [0.2, 0.25) is 0 Å². The fourth-order valence-corrected chi connectivity index (χ4v) is 3.53. The number of ether oxygens (including phenoxy) is 1. The van der Waals surface area contributed by atoms with Gasteiger partial charge in [0.25, 0.3) is 0 Å². The average Bonchev–Trinajstić information content (AvgIpc) is 2.41. The van der Waals surface area contributed by atoms with Crippen molar-refractivity contribution in [1.82, 2.24) is 5.32 Å². The maximum Gasteiger partial charge on any atom is 0.321 e. The summed E-state index contributed by atoms with van der Waals surface area (Å²) in [6, 6.07) is 7.29. The molecule has 0 aliphatic carbocycles. The van der Waals surface area contributed by atoms with Crippen LogP contribution in [0.5, 0.6) is 0 Å². The van der Waals surface area contributed by atoms with Gasteiger partial charge in [-0.1, -0.05) is 29.8 Å². The summed E-state index contributed by atoms with van der Waals surface area (Å²) in [5.41, 5.74) is 1.98. The molecule has 5 nitrogen and oxygen atoms in total. The van der Waals surface area contributed by atoms with Crippen molar-refractivity contribution in [2.75, 3.05) is 19.4 Å². The number of aryl methyl sites for hydroxylation is 1. The van der Waals surface area contributed by atoms with E-state index in [2.05, 4.69) is 5.32 Å². The van der Waals surface area contributed by atoms with E-state index in [0.29, 0.717) is 0 Å². The highest BCUT2D eigenvalue weighted by Crippen LogP contribution is 2.23. The zero-order valence-electron chi connectivity index (χ0n) is 12.9. The summed E-state index contributed by atoms with van der Waals surface area (Å²) in [7, 11) is -1.88. The van der Waals surface area contributed by atoms with E-state index in [1.807, 2.05) is 31.2 Å². The molecule has 6 heteroatoms. The van der Waals surface area contributed by atoms with Crippen molar-refractivity contribution in [3.63, 3.8) is 0 Å². The zero-order chi connectivity index (χ0) is 16.0.